The Bertz CT molecular complexity index is 416. The Kier molecular flexibility index (Phi) is 4.25. The molecule has 3 N–H and O–H groups in total. The molecule has 0 aromatic carbocycles. The van der Waals surface area contributed by atoms with E-state index in [0.29, 0.717) is 18.2 Å². The van der Waals surface area contributed by atoms with Crippen molar-refractivity contribution in [3.05, 3.63) is 24.3 Å². The summed E-state index contributed by atoms with van der Waals surface area (Å²) in [6.07, 6.45) is 6.27. The van der Waals surface area contributed by atoms with Gasteiger partial charge in [-0.1, -0.05) is 0 Å². The zero-order valence-electron chi connectivity index (χ0n) is 10.2. The van der Waals surface area contributed by atoms with E-state index >= 15 is 0 Å². The molecule has 0 unspecified atom stereocenters. The van der Waals surface area contributed by atoms with Gasteiger partial charge in [-0.05, 0) is 38.1 Å². The molecule has 1 fully saturated rings. The Morgan fingerprint density at radius 1 is 1.39 bits per heavy atom. The fraction of sp³-hybridized carbons (Fsp3) is 0.538. The Morgan fingerprint density at radius 3 is 2.72 bits per heavy atom. The molecule has 0 spiro atoms. The van der Waals surface area contributed by atoms with E-state index in [1.807, 2.05) is 0 Å². The minimum Gasteiger partial charge on any atom is -0.330 e. The Morgan fingerprint density at radius 2 is 2.11 bits per heavy atom. The molecule has 1 heterocycles. The van der Waals surface area contributed by atoms with Crippen molar-refractivity contribution in [1.29, 1.82) is 0 Å². The van der Waals surface area contributed by atoms with Gasteiger partial charge in [0.25, 0.3) is 0 Å². The summed E-state index contributed by atoms with van der Waals surface area (Å²) in [7, 11) is 0. The minimum absolute atomic E-state index is 0.0102. The summed E-state index contributed by atoms with van der Waals surface area (Å²) in [4.78, 5) is 15.7. The molecular weight excluding hydrogens is 233 g/mol. The summed E-state index contributed by atoms with van der Waals surface area (Å²) >= 11 is 0. The molecule has 0 radical (unpaired) electrons. The molecule has 0 aliphatic heterocycles. The molecule has 1 aromatic rings. The highest BCUT2D eigenvalue weighted by atomic mass is 19.1. The monoisotopic (exact) mass is 251 g/mol. The van der Waals surface area contributed by atoms with Crippen molar-refractivity contribution in [2.75, 3.05) is 11.9 Å². The fourth-order valence-electron chi connectivity index (χ4n) is 2.38. The van der Waals surface area contributed by atoms with Gasteiger partial charge in [0.15, 0.2) is 0 Å². The van der Waals surface area contributed by atoms with Crippen LogP contribution in [0.3, 0.4) is 0 Å². The van der Waals surface area contributed by atoms with E-state index < -0.39 is 5.82 Å². The van der Waals surface area contributed by atoms with Crippen LogP contribution in [-0.4, -0.2) is 17.4 Å². The largest absolute Gasteiger partial charge is 0.330 e. The van der Waals surface area contributed by atoms with E-state index in [1.165, 1.54) is 12.3 Å². The van der Waals surface area contributed by atoms with Crippen LogP contribution in [0.5, 0.6) is 0 Å². The van der Waals surface area contributed by atoms with Crippen LogP contribution in [0.4, 0.5) is 10.1 Å². The lowest BCUT2D eigenvalue weighted by atomic mass is 9.81. The molecule has 1 aliphatic rings. The molecule has 2 rings (SSSR count). The van der Waals surface area contributed by atoms with Crippen molar-refractivity contribution in [2.24, 2.45) is 17.6 Å². The topological polar surface area (TPSA) is 68.0 Å². The number of rotatable bonds is 3. The van der Waals surface area contributed by atoms with E-state index in [9.17, 15) is 9.18 Å². The van der Waals surface area contributed by atoms with Crippen LogP contribution in [-0.2, 0) is 4.79 Å². The average Bonchev–Trinajstić information content (AvgIpc) is 2.39. The van der Waals surface area contributed by atoms with Crippen molar-refractivity contribution < 1.29 is 9.18 Å². The first-order valence-electron chi connectivity index (χ1n) is 6.30. The third-order valence-electron chi connectivity index (χ3n) is 3.52. The molecule has 0 bridgehead atoms. The van der Waals surface area contributed by atoms with Gasteiger partial charge in [0.2, 0.25) is 5.91 Å². The summed E-state index contributed by atoms with van der Waals surface area (Å²) in [5.41, 5.74) is 6.03. The number of amides is 1. The quantitative estimate of drug-likeness (QED) is 0.862. The molecular formula is C13H18FN3O. The maximum Gasteiger partial charge on any atom is 0.227 e. The number of nitrogens with two attached hydrogens (primary N) is 1. The van der Waals surface area contributed by atoms with E-state index in [0.717, 1.165) is 31.9 Å². The van der Waals surface area contributed by atoms with Gasteiger partial charge in [-0.15, -0.1) is 0 Å². The first-order valence-corrected chi connectivity index (χ1v) is 6.30. The summed E-state index contributed by atoms with van der Waals surface area (Å²) in [6, 6.07) is 1.27. The predicted molar refractivity (Wildman–Crippen MR) is 67.3 cm³/mol. The number of nitrogens with one attached hydrogen (secondary N) is 1. The molecule has 18 heavy (non-hydrogen) atoms. The minimum atomic E-state index is -0.445. The molecule has 5 heteroatoms. The zero-order valence-corrected chi connectivity index (χ0v) is 10.2. The molecule has 1 aromatic heterocycles. The van der Waals surface area contributed by atoms with Crippen LogP contribution in [0, 0.1) is 17.7 Å². The maximum atomic E-state index is 12.9. The smallest absolute Gasteiger partial charge is 0.227 e. The molecule has 0 saturated heterocycles. The summed E-state index contributed by atoms with van der Waals surface area (Å²) < 4.78 is 12.9. The predicted octanol–water partition coefficient (Wildman–Crippen LogP) is 1.92. The van der Waals surface area contributed by atoms with E-state index in [1.54, 1.807) is 0 Å². The highest BCUT2D eigenvalue weighted by Crippen LogP contribution is 2.28. The molecule has 1 saturated carbocycles. The Hall–Kier alpha value is -1.49. The summed E-state index contributed by atoms with van der Waals surface area (Å²) in [6.45, 7) is 0.697. The first kappa shape index (κ1) is 13.0. The molecule has 98 valence electrons. The second kappa shape index (κ2) is 5.91. The number of hydrogen-bond acceptors (Lipinski definition) is 3. The highest BCUT2D eigenvalue weighted by Gasteiger charge is 2.25. The second-order valence-electron chi connectivity index (χ2n) is 4.83. The third-order valence-corrected chi connectivity index (χ3v) is 3.52. The lowest BCUT2D eigenvalue weighted by Crippen LogP contribution is -2.29. The maximum absolute atomic E-state index is 12.9. The van der Waals surface area contributed by atoms with Crippen molar-refractivity contribution in [2.45, 2.75) is 25.7 Å². The lowest BCUT2D eigenvalue weighted by Gasteiger charge is -2.26. The number of aromatic nitrogens is 1. The third kappa shape index (κ3) is 3.26. The average molecular weight is 251 g/mol. The zero-order chi connectivity index (χ0) is 13.0. The number of halogens is 1. The number of hydrogen-bond donors (Lipinski definition) is 2. The molecule has 1 amide bonds. The first-order chi connectivity index (χ1) is 8.69. The summed E-state index contributed by atoms with van der Waals surface area (Å²) in [5.74, 6) is 0.0680. The Balaban J connectivity index is 1.89. The van der Waals surface area contributed by atoms with Crippen molar-refractivity contribution >= 4 is 11.6 Å². The van der Waals surface area contributed by atoms with E-state index in [2.05, 4.69) is 10.3 Å². The number of nitrogens with zero attached hydrogens (tertiary/aromatic N) is 1. The van der Waals surface area contributed by atoms with E-state index in [-0.39, 0.29) is 11.8 Å². The molecule has 4 nitrogen and oxygen atoms in total. The van der Waals surface area contributed by atoms with Gasteiger partial charge >= 0.3 is 0 Å². The van der Waals surface area contributed by atoms with Gasteiger partial charge in [-0.25, -0.2) is 4.39 Å². The lowest BCUT2D eigenvalue weighted by molar-refractivity contribution is -0.121. The number of anilines is 1. The van der Waals surface area contributed by atoms with Gasteiger partial charge in [-0.3, -0.25) is 9.78 Å². The Labute approximate surface area is 106 Å². The van der Waals surface area contributed by atoms with Gasteiger partial charge in [-0.2, -0.15) is 0 Å². The molecule has 0 atom stereocenters. The number of carbonyl (C=O) groups is 1. The molecule has 1 aliphatic carbocycles. The fourth-order valence-corrected chi connectivity index (χ4v) is 2.38. The van der Waals surface area contributed by atoms with Crippen molar-refractivity contribution in [1.82, 2.24) is 4.98 Å². The van der Waals surface area contributed by atoms with Gasteiger partial charge in [0.1, 0.15) is 5.82 Å². The van der Waals surface area contributed by atoms with Crippen molar-refractivity contribution in [3.8, 4) is 0 Å². The summed E-state index contributed by atoms with van der Waals surface area (Å²) in [5, 5.41) is 2.71. The standard InChI is InChI=1S/C13H18FN3O/c14-11-5-12(8-16-7-11)17-13(18)10-3-1-9(6-15)2-4-10/h5,7-10H,1-4,6,15H2,(H,17,18). The van der Waals surface area contributed by atoms with Crippen LogP contribution in [0.1, 0.15) is 25.7 Å². The normalized spacial score (nSPS) is 23.7. The van der Waals surface area contributed by atoms with Gasteiger partial charge in [0, 0.05) is 12.0 Å². The van der Waals surface area contributed by atoms with E-state index in [4.69, 9.17) is 5.73 Å². The van der Waals surface area contributed by atoms with Crippen molar-refractivity contribution in [3.63, 3.8) is 0 Å². The van der Waals surface area contributed by atoms with Crippen LogP contribution >= 0.6 is 0 Å². The van der Waals surface area contributed by atoms with Crippen LogP contribution in [0.25, 0.3) is 0 Å². The number of pyridine rings is 1. The van der Waals surface area contributed by atoms with Crippen LogP contribution in [0.2, 0.25) is 0 Å². The SMILES string of the molecule is NCC1CCC(C(=O)Nc2cncc(F)c2)CC1. The number of carbonyl (C=O) groups excluding carboxylic acids is 1. The van der Waals surface area contributed by atoms with Crippen LogP contribution in [0.15, 0.2) is 18.5 Å². The van der Waals surface area contributed by atoms with Gasteiger partial charge < -0.3 is 11.1 Å². The second-order valence-corrected chi connectivity index (χ2v) is 4.83. The van der Waals surface area contributed by atoms with Crippen LogP contribution < -0.4 is 11.1 Å². The van der Waals surface area contributed by atoms with Gasteiger partial charge in [0.05, 0.1) is 18.1 Å². The highest BCUT2D eigenvalue weighted by molar-refractivity contribution is 5.92.